The fourth-order valence-electron chi connectivity index (χ4n) is 4.19. The molecule has 1 fully saturated rings. The molecule has 2 aliphatic heterocycles. The Balaban J connectivity index is 1.28. The molecule has 0 atom stereocenters. The van der Waals surface area contributed by atoms with Crippen molar-refractivity contribution in [2.45, 2.75) is 45.6 Å². The Labute approximate surface area is 173 Å². The number of rotatable bonds is 5. The first-order valence-electron chi connectivity index (χ1n) is 10.3. The number of ether oxygens (including phenoxy) is 2. The average molecular weight is 411 g/mol. The smallest absolute Gasteiger partial charge is 0.351 e. The largest absolute Gasteiger partial charge is 0.490 e. The normalized spacial score (nSPS) is 16.9. The SMILES string of the molecule is Cc1cn2c(=O)n(CCO)nc2nc1N1CCC(Oc2ccc3c(c2)COC3)CC1. The second-order valence-corrected chi connectivity index (χ2v) is 7.87. The zero-order valence-corrected chi connectivity index (χ0v) is 17.0. The van der Waals surface area contributed by atoms with Gasteiger partial charge in [-0.25, -0.2) is 13.9 Å². The van der Waals surface area contributed by atoms with Gasteiger partial charge in [0.25, 0.3) is 5.78 Å². The monoisotopic (exact) mass is 411 g/mol. The van der Waals surface area contributed by atoms with Gasteiger partial charge in [0.15, 0.2) is 0 Å². The summed E-state index contributed by atoms with van der Waals surface area (Å²) < 4.78 is 14.4. The van der Waals surface area contributed by atoms with Gasteiger partial charge in [0.1, 0.15) is 17.7 Å². The number of aromatic nitrogens is 4. The van der Waals surface area contributed by atoms with E-state index in [0.717, 1.165) is 43.1 Å². The van der Waals surface area contributed by atoms with E-state index in [1.165, 1.54) is 20.2 Å². The molecular formula is C21H25N5O4. The van der Waals surface area contributed by atoms with E-state index >= 15 is 0 Å². The summed E-state index contributed by atoms with van der Waals surface area (Å²) in [6, 6.07) is 6.21. The molecule has 9 nitrogen and oxygen atoms in total. The van der Waals surface area contributed by atoms with E-state index in [9.17, 15) is 4.79 Å². The van der Waals surface area contributed by atoms with Crippen molar-refractivity contribution in [3.05, 3.63) is 51.6 Å². The van der Waals surface area contributed by atoms with Crippen molar-refractivity contribution in [1.29, 1.82) is 0 Å². The number of hydrogen-bond donors (Lipinski definition) is 1. The number of aliphatic hydroxyl groups excluding tert-OH is 1. The predicted molar refractivity (Wildman–Crippen MR) is 110 cm³/mol. The van der Waals surface area contributed by atoms with E-state index < -0.39 is 0 Å². The zero-order chi connectivity index (χ0) is 20.7. The van der Waals surface area contributed by atoms with Crippen LogP contribution in [0.4, 0.5) is 5.82 Å². The van der Waals surface area contributed by atoms with Crippen LogP contribution in [0.5, 0.6) is 5.75 Å². The Morgan fingerprint density at radius 3 is 2.83 bits per heavy atom. The zero-order valence-electron chi connectivity index (χ0n) is 17.0. The van der Waals surface area contributed by atoms with E-state index in [1.54, 1.807) is 6.20 Å². The van der Waals surface area contributed by atoms with Crippen molar-refractivity contribution in [2.75, 3.05) is 24.6 Å². The summed E-state index contributed by atoms with van der Waals surface area (Å²) in [6.45, 7) is 4.97. The van der Waals surface area contributed by atoms with Gasteiger partial charge in [-0.15, -0.1) is 5.10 Å². The van der Waals surface area contributed by atoms with Crippen LogP contribution in [-0.2, 0) is 24.5 Å². The third-order valence-electron chi connectivity index (χ3n) is 5.78. The van der Waals surface area contributed by atoms with Gasteiger partial charge in [-0.1, -0.05) is 6.07 Å². The summed E-state index contributed by atoms with van der Waals surface area (Å²) >= 11 is 0. The van der Waals surface area contributed by atoms with Gasteiger partial charge in [0.2, 0.25) is 0 Å². The molecule has 4 heterocycles. The molecule has 0 saturated carbocycles. The van der Waals surface area contributed by atoms with E-state index in [2.05, 4.69) is 27.1 Å². The second-order valence-electron chi connectivity index (χ2n) is 7.87. The highest BCUT2D eigenvalue weighted by Gasteiger charge is 2.24. The molecule has 0 amide bonds. The van der Waals surface area contributed by atoms with Crippen LogP contribution in [0, 0.1) is 6.92 Å². The number of piperidine rings is 1. The molecule has 0 spiro atoms. The first kappa shape index (κ1) is 19.1. The molecule has 1 saturated heterocycles. The van der Waals surface area contributed by atoms with Gasteiger partial charge < -0.3 is 19.5 Å². The highest BCUT2D eigenvalue weighted by atomic mass is 16.5. The lowest BCUT2D eigenvalue weighted by Crippen LogP contribution is -2.39. The van der Waals surface area contributed by atoms with Crippen LogP contribution in [0.25, 0.3) is 5.78 Å². The summed E-state index contributed by atoms with van der Waals surface area (Å²) in [5.41, 5.74) is 3.10. The third kappa shape index (κ3) is 3.44. The summed E-state index contributed by atoms with van der Waals surface area (Å²) in [7, 11) is 0. The molecule has 0 bridgehead atoms. The predicted octanol–water partition coefficient (Wildman–Crippen LogP) is 1.27. The van der Waals surface area contributed by atoms with Gasteiger partial charge in [0, 0.05) is 37.7 Å². The molecule has 2 aromatic heterocycles. The average Bonchev–Trinajstić information content (AvgIpc) is 3.33. The lowest BCUT2D eigenvalue weighted by atomic mass is 10.1. The Kier molecular flexibility index (Phi) is 4.92. The van der Waals surface area contributed by atoms with Gasteiger partial charge in [-0.2, -0.15) is 4.98 Å². The minimum Gasteiger partial charge on any atom is -0.490 e. The number of aryl methyl sites for hydroxylation is 1. The molecule has 5 rings (SSSR count). The summed E-state index contributed by atoms with van der Waals surface area (Å²) in [6.07, 6.45) is 3.73. The molecule has 30 heavy (non-hydrogen) atoms. The van der Waals surface area contributed by atoms with Gasteiger partial charge in [-0.05, 0) is 30.2 Å². The number of anilines is 1. The van der Waals surface area contributed by atoms with E-state index in [4.69, 9.17) is 14.6 Å². The van der Waals surface area contributed by atoms with Gasteiger partial charge >= 0.3 is 5.69 Å². The van der Waals surface area contributed by atoms with Crippen molar-refractivity contribution in [3.8, 4) is 5.75 Å². The Morgan fingerprint density at radius 2 is 2.03 bits per heavy atom. The maximum atomic E-state index is 12.3. The number of nitrogens with zero attached hydrogens (tertiary/aromatic N) is 5. The maximum Gasteiger partial charge on any atom is 0.351 e. The lowest BCUT2D eigenvalue weighted by molar-refractivity contribution is 0.134. The van der Waals surface area contributed by atoms with Crippen molar-refractivity contribution in [1.82, 2.24) is 19.2 Å². The topological polar surface area (TPSA) is 94.1 Å². The summed E-state index contributed by atoms with van der Waals surface area (Å²) in [5, 5.41) is 13.3. The minimum absolute atomic E-state index is 0.139. The Morgan fingerprint density at radius 1 is 1.23 bits per heavy atom. The van der Waals surface area contributed by atoms with Crippen LogP contribution in [0.1, 0.15) is 29.5 Å². The minimum atomic E-state index is -0.284. The maximum absolute atomic E-state index is 12.3. The molecule has 1 N–H and O–H groups in total. The first-order valence-corrected chi connectivity index (χ1v) is 10.3. The molecular weight excluding hydrogens is 386 g/mol. The fourth-order valence-corrected chi connectivity index (χ4v) is 4.19. The second kappa shape index (κ2) is 7.73. The van der Waals surface area contributed by atoms with Crippen molar-refractivity contribution < 1.29 is 14.6 Å². The van der Waals surface area contributed by atoms with Crippen LogP contribution in [-0.4, -0.2) is 50.1 Å². The van der Waals surface area contributed by atoms with Gasteiger partial charge in [0.05, 0.1) is 26.4 Å². The Bertz CT molecular complexity index is 1130. The number of hydrogen-bond acceptors (Lipinski definition) is 7. The van der Waals surface area contributed by atoms with Crippen LogP contribution < -0.4 is 15.3 Å². The molecule has 3 aromatic rings. The molecule has 0 aliphatic carbocycles. The molecule has 9 heteroatoms. The van der Waals surface area contributed by atoms with Crippen LogP contribution in [0.3, 0.4) is 0 Å². The van der Waals surface area contributed by atoms with Crippen LogP contribution in [0.2, 0.25) is 0 Å². The van der Waals surface area contributed by atoms with E-state index in [1.807, 2.05) is 13.0 Å². The standard InChI is InChI=1S/C21H25N5O4/c1-14-11-25-20(23-26(8-9-27)21(25)28)22-19(14)24-6-4-17(5-7-24)30-18-3-2-15-12-29-13-16(15)10-18/h2-3,10-11,17,27H,4-9,12-13H2,1H3. The highest BCUT2D eigenvalue weighted by molar-refractivity contribution is 5.50. The van der Waals surface area contributed by atoms with Crippen LogP contribution in [0.15, 0.2) is 29.2 Å². The molecule has 1 aromatic carbocycles. The summed E-state index contributed by atoms with van der Waals surface area (Å²) in [4.78, 5) is 19.2. The van der Waals surface area contributed by atoms with Crippen molar-refractivity contribution in [3.63, 3.8) is 0 Å². The van der Waals surface area contributed by atoms with E-state index in [0.29, 0.717) is 19.0 Å². The quantitative estimate of drug-likeness (QED) is 0.676. The number of fused-ring (bicyclic) bond motifs is 2. The molecule has 0 unspecified atom stereocenters. The van der Waals surface area contributed by atoms with E-state index in [-0.39, 0.29) is 24.9 Å². The van der Waals surface area contributed by atoms with Crippen molar-refractivity contribution in [2.24, 2.45) is 0 Å². The number of aliphatic hydroxyl groups is 1. The molecule has 158 valence electrons. The molecule has 2 aliphatic rings. The lowest BCUT2D eigenvalue weighted by Gasteiger charge is -2.33. The van der Waals surface area contributed by atoms with Crippen molar-refractivity contribution >= 4 is 11.6 Å². The van der Waals surface area contributed by atoms with Gasteiger partial charge in [-0.3, -0.25) is 0 Å². The molecule has 0 radical (unpaired) electrons. The fraction of sp³-hybridized carbons (Fsp3) is 0.476. The third-order valence-corrected chi connectivity index (χ3v) is 5.78. The number of benzene rings is 1. The highest BCUT2D eigenvalue weighted by Crippen LogP contribution is 2.28. The first-order chi connectivity index (χ1) is 14.6. The van der Waals surface area contributed by atoms with Crippen LogP contribution >= 0.6 is 0 Å². The Hall–Kier alpha value is -2.91. The summed E-state index contributed by atoms with van der Waals surface area (Å²) in [5.74, 6) is 2.10.